The van der Waals surface area contributed by atoms with Gasteiger partial charge >= 0.3 is 0 Å². The number of benzene rings is 1. The Kier molecular flexibility index (Phi) is 5.52. The first kappa shape index (κ1) is 14.4. The Morgan fingerprint density at radius 2 is 2.28 bits per heavy atom. The van der Waals surface area contributed by atoms with Gasteiger partial charge in [0.2, 0.25) is 0 Å². The average Bonchev–Trinajstić information content (AvgIpc) is 2.39. The van der Waals surface area contributed by atoms with Crippen molar-refractivity contribution in [3.8, 4) is 0 Å². The first-order chi connectivity index (χ1) is 8.74. The summed E-state index contributed by atoms with van der Waals surface area (Å²) < 4.78 is 6.44. The van der Waals surface area contributed by atoms with Crippen molar-refractivity contribution >= 4 is 37.5 Å². The molecule has 0 radical (unpaired) electrons. The molecule has 0 spiro atoms. The molecular formula is C14H19Br2NO. The number of nitrogens with zero attached hydrogens (tertiary/aromatic N) is 1. The number of piperidine rings is 1. The van der Waals surface area contributed by atoms with E-state index in [1.54, 1.807) is 7.11 Å². The minimum Gasteiger partial charge on any atom is -0.384 e. The van der Waals surface area contributed by atoms with Crippen LogP contribution in [0.25, 0.3) is 0 Å². The Hall–Kier alpha value is -0.0600. The fraction of sp³-hybridized carbons (Fsp3) is 0.571. The molecular weight excluding hydrogens is 358 g/mol. The Morgan fingerprint density at radius 3 is 3.00 bits per heavy atom. The van der Waals surface area contributed by atoms with Crippen LogP contribution in [0.5, 0.6) is 0 Å². The summed E-state index contributed by atoms with van der Waals surface area (Å²) in [5, 5.41) is 0.896. The normalized spacial score (nSPS) is 20.2. The standard InChI is InChI=1S/C14H19Br2NO/c1-18-10-11-3-2-6-17(9-11)14-5-4-13(16)7-12(14)8-15/h4-5,7,11H,2-3,6,8-10H2,1H3. The van der Waals surface area contributed by atoms with Gasteiger partial charge in [-0.3, -0.25) is 0 Å². The summed E-state index contributed by atoms with van der Waals surface area (Å²) >= 11 is 7.12. The lowest BCUT2D eigenvalue weighted by Gasteiger charge is -2.35. The van der Waals surface area contributed by atoms with Gasteiger partial charge in [0.25, 0.3) is 0 Å². The Balaban J connectivity index is 2.15. The molecule has 0 saturated carbocycles. The molecule has 1 aliphatic rings. The minimum absolute atomic E-state index is 0.663. The molecule has 0 N–H and O–H groups in total. The first-order valence-corrected chi connectivity index (χ1v) is 8.24. The molecule has 2 nitrogen and oxygen atoms in total. The van der Waals surface area contributed by atoms with Gasteiger partial charge in [0.1, 0.15) is 0 Å². The number of rotatable bonds is 4. The second-order valence-electron chi connectivity index (χ2n) is 4.82. The highest BCUT2D eigenvalue weighted by Crippen LogP contribution is 2.30. The van der Waals surface area contributed by atoms with E-state index in [9.17, 15) is 0 Å². The minimum atomic E-state index is 0.663. The zero-order chi connectivity index (χ0) is 13.0. The van der Waals surface area contributed by atoms with Gasteiger partial charge in [0.15, 0.2) is 0 Å². The molecule has 18 heavy (non-hydrogen) atoms. The quantitative estimate of drug-likeness (QED) is 0.730. The third-order valence-electron chi connectivity index (χ3n) is 3.45. The molecule has 2 rings (SSSR count). The van der Waals surface area contributed by atoms with Crippen molar-refractivity contribution in [2.24, 2.45) is 5.92 Å². The summed E-state index contributed by atoms with van der Waals surface area (Å²) in [6.45, 7) is 3.13. The molecule has 1 heterocycles. The monoisotopic (exact) mass is 375 g/mol. The summed E-state index contributed by atoms with van der Waals surface area (Å²) in [7, 11) is 1.79. The van der Waals surface area contributed by atoms with Crippen molar-refractivity contribution in [1.29, 1.82) is 0 Å². The number of hydrogen-bond acceptors (Lipinski definition) is 2. The highest BCUT2D eigenvalue weighted by atomic mass is 79.9. The van der Waals surface area contributed by atoms with Gasteiger partial charge in [-0.05, 0) is 42.5 Å². The molecule has 1 aliphatic heterocycles. The Labute approximate surface area is 126 Å². The van der Waals surface area contributed by atoms with Crippen LogP contribution in [0.2, 0.25) is 0 Å². The number of alkyl halides is 1. The first-order valence-electron chi connectivity index (χ1n) is 6.33. The lowest BCUT2D eigenvalue weighted by Crippen LogP contribution is -2.37. The van der Waals surface area contributed by atoms with E-state index in [1.807, 2.05) is 0 Å². The van der Waals surface area contributed by atoms with E-state index in [2.05, 4.69) is 55.0 Å². The van der Waals surface area contributed by atoms with Gasteiger partial charge in [-0.15, -0.1) is 0 Å². The molecule has 1 fully saturated rings. The van der Waals surface area contributed by atoms with Crippen molar-refractivity contribution in [3.05, 3.63) is 28.2 Å². The molecule has 1 unspecified atom stereocenters. The lowest BCUT2D eigenvalue weighted by atomic mass is 9.98. The highest BCUT2D eigenvalue weighted by Gasteiger charge is 2.21. The molecule has 0 aromatic heterocycles. The van der Waals surface area contributed by atoms with E-state index in [4.69, 9.17) is 4.74 Å². The number of methoxy groups -OCH3 is 1. The number of anilines is 1. The number of halogens is 2. The van der Waals surface area contributed by atoms with Crippen molar-refractivity contribution in [2.45, 2.75) is 18.2 Å². The van der Waals surface area contributed by atoms with Crippen LogP contribution in [0.3, 0.4) is 0 Å². The van der Waals surface area contributed by atoms with Gasteiger partial charge < -0.3 is 9.64 Å². The molecule has 1 aromatic rings. The third kappa shape index (κ3) is 3.49. The summed E-state index contributed by atoms with van der Waals surface area (Å²) in [6.07, 6.45) is 2.54. The van der Waals surface area contributed by atoms with Crippen LogP contribution in [0, 0.1) is 5.92 Å². The zero-order valence-electron chi connectivity index (χ0n) is 10.7. The average molecular weight is 377 g/mol. The van der Waals surface area contributed by atoms with E-state index < -0.39 is 0 Å². The van der Waals surface area contributed by atoms with Crippen molar-refractivity contribution in [2.75, 3.05) is 31.7 Å². The maximum absolute atomic E-state index is 5.30. The van der Waals surface area contributed by atoms with Crippen LogP contribution in [0.15, 0.2) is 22.7 Å². The molecule has 4 heteroatoms. The van der Waals surface area contributed by atoms with Crippen molar-refractivity contribution < 1.29 is 4.74 Å². The molecule has 100 valence electrons. The molecule has 0 bridgehead atoms. The second-order valence-corrected chi connectivity index (χ2v) is 6.29. The summed E-state index contributed by atoms with van der Waals surface area (Å²) in [6, 6.07) is 6.54. The van der Waals surface area contributed by atoms with Gasteiger partial charge in [-0.2, -0.15) is 0 Å². The maximum atomic E-state index is 5.30. The summed E-state index contributed by atoms with van der Waals surface area (Å²) in [5.74, 6) is 0.663. The van der Waals surface area contributed by atoms with Crippen LogP contribution in [-0.2, 0) is 10.1 Å². The summed E-state index contributed by atoms with van der Waals surface area (Å²) in [5.41, 5.74) is 2.71. The fourth-order valence-electron chi connectivity index (χ4n) is 2.63. The predicted molar refractivity (Wildman–Crippen MR) is 83.6 cm³/mol. The number of hydrogen-bond donors (Lipinski definition) is 0. The largest absolute Gasteiger partial charge is 0.384 e. The van der Waals surface area contributed by atoms with E-state index in [0.29, 0.717) is 5.92 Å². The maximum Gasteiger partial charge on any atom is 0.0507 e. The van der Waals surface area contributed by atoms with E-state index >= 15 is 0 Å². The van der Waals surface area contributed by atoms with Crippen LogP contribution < -0.4 is 4.90 Å². The molecule has 1 saturated heterocycles. The smallest absolute Gasteiger partial charge is 0.0507 e. The van der Waals surface area contributed by atoms with Gasteiger partial charge in [0.05, 0.1) is 6.61 Å². The van der Waals surface area contributed by atoms with Gasteiger partial charge in [0, 0.05) is 35.7 Å². The highest BCUT2D eigenvalue weighted by molar-refractivity contribution is 9.10. The van der Waals surface area contributed by atoms with Gasteiger partial charge in [-0.1, -0.05) is 31.9 Å². The van der Waals surface area contributed by atoms with Gasteiger partial charge in [-0.25, -0.2) is 0 Å². The zero-order valence-corrected chi connectivity index (χ0v) is 13.8. The SMILES string of the molecule is COCC1CCCN(c2ccc(Br)cc2CBr)C1. The van der Waals surface area contributed by atoms with Crippen molar-refractivity contribution in [1.82, 2.24) is 0 Å². The molecule has 1 aromatic carbocycles. The van der Waals surface area contributed by atoms with Crippen LogP contribution in [0.1, 0.15) is 18.4 Å². The van der Waals surface area contributed by atoms with E-state index in [1.165, 1.54) is 24.1 Å². The molecule has 0 aliphatic carbocycles. The van der Waals surface area contributed by atoms with Crippen LogP contribution >= 0.6 is 31.9 Å². The van der Waals surface area contributed by atoms with Crippen molar-refractivity contribution in [3.63, 3.8) is 0 Å². The van der Waals surface area contributed by atoms with Crippen LogP contribution in [-0.4, -0.2) is 26.8 Å². The lowest BCUT2D eigenvalue weighted by molar-refractivity contribution is 0.143. The number of ether oxygens (including phenoxy) is 1. The molecule has 0 amide bonds. The predicted octanol–water partition coefficient (Wildman–Crippen LogP) is 4.21. The Bertz CT molecular complexity index is 395. The van der Waals surface area contributed by atoms with E-state index in [-0.39, 0.29) is 0 Å². The fourth-order valence-corrected chi connectivity index (χ4v) is 3.48. The molecule has 1 atom stereocenters. The second kappa shape index (κ2) is 6.92. The van der Waals surface area contributed by atoms with E-state index in [0.717, 1.165) is 29.5 Å². The summed E-state index contributed by atoms with van der Waals surface area (Å²) in [4.78, 5) is 2.50. The Morgan fingerprint density at radius 1 is 1.44 bits per heavy atom. The third-order valence-corrected chi connectivity index (χ3v) is 4.54. The topological polar surface area (TPSA) is 12.5 Å². The van der Waals surface area contributed by atoms with Crippen LogP contribution in [0.4, 0.5) is 5.69 Å².